The molecule has 0 spiro atoms. The number of aromatic amines is 1. The van der Waals surface area contributed by atoms with E-state index in [1.165, 1.54) is 10.7 Å². The number of nitrogens with two attached hydrogens (primary N) is 1. The zero-order valence-corrected chi connectivity index (χ0v) is 12.2. The van der Waals surface area contributed by atoms with Gasteiger partial charge in [-0.3, -0.25) is 14.3 Å². The molecule has 21 heavy (non-hydrogen) atoms. The maximum Gasteiger partial charge on any atom is 0.350 e. The van der Waals surface area contributed by atoms with Crippen molar-refractivity contribution in [3.8, 4) is 0 Å². The molecule has 0 aliphatic carbocycles. The van der Waals surface area contributed by atoms with Gasteiger partial charge in [-0.2, -0.15) is 0 Å². The van der Waals surface area contributed by atoms with Crippen molar-refractivity contribution in [3.05, 3.63) is 22.2 Å². The number of rotatable bonds is 6. The molecule has 5 N–H and O–H groups in total. The van der Waals surface area contributed by atoms with Crippen LogP contribution in [0.2, 0.25) is 0 Å². The van der Waals surface area contributed by atoms with Gasteiger partial charge in [0.2, 0.25) is 11.6 Å². The van der Waals surface area contributed by atoms with Gasteiger partial charge < -0.3 is 20.3 Å². The fourth-order valence-corrected chi connectivity index (χ4v) is 2.23. The summed E-state index contributed by atoms with van der Waals surface area (Å²) in [5.74, 6) is -0.0162. The lowest BCUT2D eigenvalue weighted by Gasteiger charge is -2.13. The molecule has 2 rings (SSSR count). The highest BCUT2D eigenvalue weighted by atomic mass is 31.2. The van der Waals surface area contributed by atoms with Crippen LogP contribution in [0.5, 0.6) is 0 Å². The van der Waals surface area contributed by atoms with Crippen LogP contribution in [0.1, 0.15) is 19.0 Å². The van der Waals surface area contributed by atoms with Gasteiger partial charge in [-0.15, -0.1) is 5.10 Å². The third-order valence-corrected chi connectivity index (χ3v) is 3.28. The van der Waals surface area contributed by atoms with E-state index in [0.29, 0.717) is 18.5 Å². The van der Waals surface area contributed by atoms with E-state index >= 15 is 0 Å². The number of aromatic nitrogens is 4. The lowest BCUT2D eigenvalue weighted by Crippen LogP contribution is -2.17. The highest BCUT2D eigenvalue weighted by Crippen LogP contribution is 2.34. The fourth-order valence-electron chi connectivity index (χ4n) is 1.78. The standard InChI is InChI=1S/C10H16N5O5P/c1-6(20-5-21(17,18)19)2-3-7-4-12-8-9(16)13-10(11)14-15(7)8/h4,6H,2-3,5H2,1H3,(H2,17,18,19)(H3,11,13,14,16). The van der Waals surface area contributed by atoms with E-state index in [1.807, 2.05) is 0 Å². The zero-order chi connectivity index (χ0) is 15.6. The van der Waals surface area contributed by atoms with Crippen molar-refractivity contribution in [1.29, 1.82) is 0 Å². The molecule has 0 aliphatic rings. The molecule has 11 heteroatoms. The minimum absolute atomic E-state index is 0.0162. The summed E-state index contributed by atoms with van der Waals surface area (Å²) in [5.41, 5.74) is 5.85. The van der Waals surface area contributed by atoms with E-state index in [2.05, 4.69) is 15.1 Å². The smallest absolute Gasteiger partial charge is 0.350 e. The first-order valence-electron chi connectivity index (χ1n) is 6.15. The summed E-state index contributed by atoms with van der Waals surface area (Å²) in [6.07, 6.45) is 1.49. The molecular formula is C10H16N5O5P. The Balaban J connectivity index is 2.04. The third kappa shape index (κ3) is 4.11. The molecule has 1 unspecified atom stereocenters. The number of H-pyrrole nitrogens is 1. The highest BCUT2D eigenvalue weighted by molar-refractivity contribution is 7.51. The molecule has 2 heterocycles. The Morgan fingerprint density at radius 1 is 1.57 bits per heavy atom. The summed E-state index contributed by atoms with van der Waals surface area (Å²) in [7, 11) is -4.17. The molecule has 0 bridgehead atoms. The van der Waals surface area contributed by atoms with Crippen LogP contribution in [-0.2, 0) is 15.7 Å². The van der Waals surface area contributed by atoms with Crippen molar-refractivity contribution >= 4 is 19.2 Å². The van der Waals surface area contributed by atoms with Crippen LogP contribution < -0.4 is 11.3 Å². The summed E-state index contributed by atoms with van der Waals surface area (Å²) < 4.78 is 17.1. The molecule has 2 aromatic rings. The maximum absolute atomic E-state index is 11.6. The van der Waals surface area contributed by atoms with Crippen LogP contribution in [0.15, 0.2) is 11.0 Å². The van der Waals surface area contributed by atoms with E-state index in [0.717, 1.165) is 0 Å². The monoisotopic (exact) mass is 317 g/mol. The number of imidazole rings is 1. The minimum Gasteiger partial charge on any atom is -0.368 e. The number of fused-ring (bicyclic) bond motifs is 1. The summed E-state index contributed by atoms with van der Waals surface area (Å²) in [6, 6.07) is 0. The Bertz CT molecular complexity index is 735. The Hall–Kier alpha value is -1.74. The number of hydrogen-bond acceptors (Lipinski definition) is 6. The van der Waals surface area contributed by atoms with Crippen molar-refractivity contribution < 1.29 is 19.1 Å². The topological polar surface area (TPSA) is 156 Å². The molecule has 2 aromatic heterocycles. The molecule has 0 saturated carbocycles. The second-order valence-electron chi connectivity index (χ2n) is 4.63. The Morgan fingerprint density at radius 3 is 2.95 bits per heavy atom. The van der Waals surface area contributed by atoms with Gasteiger partial charge in [0.15, 0.2) is 0 Å². The van der Waals surface area contributed by atoms with Crippen LogP contribution >= 0.6 is 7.60 Å². The summed E-state index contributed by atoms with van der Waals surface area (Å²) in [4.78, 5) is 35.4. The number of ether oxygens (including phenoxy) is 1. The molecule has 0 aliphatic heterocycles. The number of nitrogens with zero attached hydrogens (tertiary/aromatic N) is 3. The quantitative estimate of drug-likeness (QED) is 0.518. The van der Waals surface area contributed by atoms with E-state index in [9.17, 15) is 9.36 Å². The first-order chi connectivity index (χ1) is 9.76. The van der Waals surface area contributed by atoms with Crippen LogP contribution in [0.4, 0.5) is 5.95 Å². The van der Waals surface area contributed by atoms with Gasteiger partial charge in [0.05, 0.1) is 18.0 Å². The Labute approximate surface area is 119 Å². The lowest BCUT2D eigenvalue weighted by molar-refractivity contribution is 0.0821. The number of nitrogens with one attached hydrogen (secondary N) is 1. The van der Waals surface area contributed by atoms with Gasteiger partial charge in [0.1, 0.15) is 6.35 Å². The summed E-state index contributed by atoms with van der Waals surface area (Å²) in [6.45, 7) is 1.70. The third-order valence-electron chi connectivity index (χ3n) is 2.80. The number of hydrogen-bond donors (Lipinski definition) is 4. The normalized spacial score (nSPS) is 13.7. The number of anilines is 1. The Kier molecular flexibility index (Phi) is 4.43. The lowest BCUT2D eigenvalue weighted by atomic mass is 10.2. The van der Waals surface area contributed by atoms with Crippen LogP contribution in [-0.4, -0.2) is 41.8 Å². The summed E-state index contributed by atoms with van der Waals surface area (Å²) >= 11 is 0. The molecule has 0 saturated heterocycles. The average Bonchev–Trinajstić information content (AvgIpc) is 2.76. The molecule has 0 radical (unpaired) electrons. The molecule has 0 amide bonds. The van der Waals surface area contributed by atoms with E-state index in [4.69, 9.17) is 20.3 Å². The Morgan fingerprint density at radius 2 is 2.29 bits per heavy atom. The molecule has 0 aromatic carbocycles. The predicted octanol–water partition coefficient (Wildman–Crippen LogP) is -0.527. The van der Waals surface area contributed by atoms with Crippen molar-refractivity contribution in [1.82, 2.24) is 19.6 Å². The van der Waals surface area contributed by atoms with Gasteiger partial charge >= 0.3 is 7.60 Å². The van der Waals surface area contributed by atoms with Crippen molar-refractivity contribution in [2.75, 3.05) is 12.1 Å². The van der Waals surface area contributed by atoms with Gasteiger partial charge in [0, 0.05) is 0 Å². The van der Waals surface area contributed by atoms with Crippen LogP contribution in [0.3, 0.4) is 0 Å². The van der Waals surface area contributed by atoms with Crippen molar-refractivity contribution in [3.63, 3.8) is 0 Å². The van der Waals surface area contributed by atoms with Gasteiger partial charge in [-0.05, 0) is 19.8 Å². The van der Waals surface area contributed by atoms with Crippen LogP contribution in [0.25, 0.3) is 5.65 Å². The second-order valence-corrected chi connectivity index (χ2v) is 6.22. The largest absolute Gasteiger partial charge is 0.368 e. The highest BCUT2D eigenvalue weighted by Gasteiger charge is 2.16. The number of aryl methyl sites for hydroxylation is 1. The molecule has 0 fully saturated rings. The summed E-state index contributed by atoms with van der Waals surface area (Å²) in [5, 5.41) is 3.97. The first kappa shape index (κ1) is 15.6. The molecular weight excluding hydrogens is 301 g/mol. The van der Waals surface area contributed by atoms with Gasteiger partial charge in [-0.25, -0.2) is 9.50 Å². The van der Waals surface area contributed by atoms with E-state index < -0.39 is 19.5 Å². The fraction of sp³-hybridized carbons (Fsp3) is 0.500. The molecule has 10 nitrogen and oxygen atoms in total. The zero-order valence-electron chi connectivity index (χ0n) is 11.3. The van der Waals surface area contributed by atoms with Crippen LogP contribution in [0, 0.1) is 0 Å². The first-order valence-corrected chi connectivity index (χ1v) is 7.94. The van der Waals surface area contributed by atoms with Crippen molar-refractivity contribution in [2.24, 2.45) is 0 Å². The van der Waals surface area contributed by atoms with Gasteiger partial charge in [-0.1, -0.05) is 0 Å². The van der Waals surface area contributed by atoms with E-state index in [-0.39, 0.29) is 17.7 Å². The SMILES string of the molecule is CC(CCc1cnc2c(=O)[nH]c(N)nn12)OCP(=O)(O)O. The molecule has 1 atom stereocenters. The maximum atomic E-state index is 11.6. The van der Waals surface area contributed by atoms with Gasteiger partial charge in [0.25, 0.3) is 5.56 Å². The second kappa shape index (κ2) is 5.94. The van der Waals surface area contributed by atoms with Crippen molar-refractivity contribution in [2.45, 2.75) is 25.9 Å². The molecule has 116 valence electrons. The predicted molar refractivity (Wildman–Crippen MR) is 73.8 cm³/mol. The number of nitrogen functional groups attached to an aromatic ring is 1. The van der Waals surface area contributed by atoms with E-state index in [1.54, 1.807) is 6.92 Å². The minimum atomic E-state index is -4.17. The average molecular weight is 317 g/mol.